The minimum absolute atomic E-state index is 0.281. The fraction of sp³-hybridized carbons (Fsp3) is 0.625. The molecule has 0 amide bonds. The summed E-state index contributed by atoms with van der Waals surface area (Å²) in [6.45, 7) is 9.72. The lowest BCUT2D eigenvalue weighted by Gasteiger charge is -2.33. The second-order valence-electron chi connectivity index (χ2n) is 6.05. The van der Waals surface area contributed by atoms with Crippen LogP contribution in [0.25, 0.3) is 0 Å². The summed E-state index contributed by atoms with van der Waals surface area (Å²) in [7, 11) is 0. The summed E-state index contributed by atoms with van der Waals surface area (Å²) in [5.74, 6) is 0. The van der Waals surface area contributed by atoms with Gasteiger partial charge in [-0.15, -0.1) is 0 Å². The Morgan fingerprint density at radius 1 is 1.12 bits per heavy atom. The zero-order valence-electron chi connectivity index (χ0n) is 11.4. The largest absolute Gasteiger partial charge is 0.301 e. The van der Waals surface area contributed by atoms with Crippen molar-refractivity contribution in [2.24, 2.45) is 0 Å². The minimum Gasteiger partial charge on any atom is -0.301 e. The van der Waals surface area contributed by atoms with Gasteiger partial charge in [0.2, 0.25) is 0 Å². The number of likely N-dealkylation sites (tertiary alicyclic amines) is 1. The molecular formula is C16H25N. The van der Waals surface area contributed by atoms with Gasteiger partial charge in [0.05, 0.1) is 0 Å². The van der Waals surface area contributed by atoms with E-state index >= 15 is 0 Å². The Kier molecular flexibility index (Phi) is 3.88. The highest BCUT2D eigenvalue weighted by Gasteiger charge is 2.27. The van der Waals surface area contributed by atoms with E-state index in [-0.39, 0.29) is 5.41 Å². The van der Waals surface area contributed by atoms with E-state index in [1.165, 1.54) is 37.9 Å². The molecule has 1 unspecified atom stereocenters. The van der Waals surface area contributed by atoms with Crippen molar-refractivity contribution >= 4 is 0 Å². The van der Waals surface area contributed by atoms with Gasteiger partial charge in [0.1, 0.15) is 0 Å². The number of nitrogens with zero attached hydrogens (tertiary/aromatic N) is 1. The molecule has 1 heteroatoms. The molecule has 1 nitrogen and oxygen atoms in total. The van der Waals surface area contributed by atoms with Crippen LogP contribution < -0.4 is 0 Å². The van der Waals surface area contributed by atoms with Gasteiger partial charge in [0, 0.05) is 6.04 Å². The second-order valence-corrected chi connectivity index (χ2v) is 6.05. The number of benzene rings is 1. The maximum atomic E-state index is 2.64. The Hall–Kier alpha value is -0.820. The van der Waals surface area contributed by atoms with Crippen molar-refractivity contribution < 1.29 is 0 Å². The van der Waals surface area contributed by atoms with E-state index < -0.39 is 0 Å². The molecule has 0 aliphatic carbocycles. The summed E-state index contributed by atoms with van der Waals surface area (Å²) in [5.41, 5.74) is 1.74. The SMILES string of the molecule is CC(CC(C)(C)c1ccccc1)N1CCCC1. The average molecular weight is 231 g/mol. The third kappa shape index (κ3) is 3.10. The van der Waals surface area contributed by atoms with Crippen molar-refractivity contribution in [2.45, 2.75) is 51.5 Å². The molecule has 1 aliphatic heterocycles. The monoisotopic (exact) mass is 231 g/mol. The highest BCUT2D eigenvalue weighted by molar-refractivity contribution is 5.23. The molecule has 0 saturated carbocycles. The molecule has 0 spiro atoms. The predicted molar refractivity (Wildman–Crippen MR) is 74.4 cm³/mol. The topological polar surface area (TPSA) is 3.24 Å². The minimum atomic E-state index is 0.281. The van der Waals surface area contributed by atoms with Crippen LogP contribution >= 0.6 is 0 Å². The van der Waals surface area contributed by atoms with Gasteiger partial charge in [0.15, 0.2) is 0 Å². The van der Waals surface area contributed by atoms with Gasteiger partial charge in [-0.25, -0.2) is 0 Å². The third-order valence-corrected chi connectivity index (χ3v) is 4.12. The summed E-state index contributed by atoms with van der Waals surface area (Å²) >= 11 is 0. The Bertz CT molecular complexity index is 336. The van der Waals surface area contributed by atoms with Crippen LogP contribution in [0, 0.1) is 0 Å². The smallest absolute Gasteiger partial charge is 0.00752 e. The Labute approximate surface area is 106 Å². The van der Waals surface area contributed by atoms with E-state index in [4.69, 9.17) is 0 Å². The first-order chi connectivity index (χ1) is 8.09. The van der Waals surface area contributed by atoms with Gasteiger partial charge >= 0.3 is 0 Å². The van der Waals surface area contributed by atoms with E-state index in [1.807, 2.05) is 0 Å². The Morgan fingerprint density at radius 3 is 2.29 bits per heavy atom. The van der Waals surface area contributed by atoms with E-state index in [9.17, 15) is 0 Å². The summed E-state index contributed by atoms with van der Waals surface area (Å²) < 4.78 is 0. The fourth-order valence-corrected chi connectivity index (χ4v) is 3.06. The quantitative estimate of drug-likeness (QED) is 0.761. The zero-order valence-corrected chi connectivity index (χ0v) is 11.4. The predicted octanol–water partition coefficient (Wildman–Crippen LogP) is 3.84. The molecule has 1 atom stereocenters. The maximum Gasteiger partial charge on any atom is 0.00752 e. The van der Waals surface area contributed by atoms with Crippen LogP contribution in [0.15, 0.2) is 30.3 Å². The Morgan fingerprint density at radius 2 is 1.71 bits per heavy atom. The van der Waals surface area contributed by atoms with Gasteiger partial charge in [-0.2, -0.15) is 0 Å². The van der Waals surface area contributed by atoms with Crippen molar-refractivity contribution in [2.75, 3.05) is 13.1 Å². The van der Waals surface area contributed by atoms with E-state index in [2.05, 4.69) is 56.0 Å². The average Bonchev–Trinajstić information content (AvgIpc) is 2.83. The van der Waals surface area contributed by atoms with E-state index in [0.717, 1.165) is 0 Å². The normalized spacial score (nSPS) is 19.5. The van der Waals surface area contributed by atoms with Crippen LogP contribution in [-0.2, 0) is 5.41 Å². The molecule has 1 fully saturated rings. The molecule has 1 saturated heterocycles. The number of hydrogen-bond acceptors (Lipinski definition) is 1. The molecular weight excluding hydrogens is 206 g/mol. The summed E-state index contributed by atoms with van der Waals surface area (Å²) in [4.78, 5) is 2.64. The highest BCUT2D eigenvalue weighted by Crippen LogP contribution is 2.30. The first kappa shape index (κ1) is 12.6. The molecule has 1 heterocycles. The standard InChI is InChI=1S/C16H25N/c1-14(17-11-7-8-12-17)13-16(2,3)15-9-5-4-6-10-15/h4-6,9-10,14H,7-8,11-13H2,1-3H3. The molecule has 0 radical (unpaired) electrons. The molecule has 17 heavy (non-hydrogen) atoms. The molecule has 2 rings (SSSR count). The van der Waals surface area contributed by atoms with Crippen molar-refractivity contribution in [1.82, 2.24) is 4.90 Å². The first-order valence-electron chi connectivity index (χ1n) is 6.89. The number of hydrogen-bond donors (Lipinski definition) is 0. The summed E-state index contributed by atoms with van der Waals surface area (Å²) in [5, 5.41) is 0. The molecule has 1 aliphatic rings. The lowest BCUT2D eigenvalue weighted by atomic mass is 9.79. The zero-order chi connectivity index (χ0) is 12.3. The molecule has 0 aromatic heterocycles. The van der Waals surface area contributed by atoms with Crippen molar-refractivity contribution in [3.63, 3.8) is 0 Å². The molecule has 0 bridgehead atoms. The van der Waals surface area contributed by atoms with E-state index in [1.54, 1.807) is 0 Å². The van der Waals surface area contributed by atoms with Gasteiger partial charge in [-0.05, 0) is 50.3 Å². The fourth-order valence-electron chi connectivity index (χ4n) is 3.06. The third-order valence-electron chi connectivity index (χ3n) is 4.12. The van der Waals surface area contributed by atoms with E-state index in [0.29, 0.717) is 6.04 Å². The van der Waals surface area contributed by atoms with Crippen LogP contribution in [-0.4, -0.2) is 24.0 Å². The van der Waals surface area contributed by atoms with Crippen molar-refractivity contribution in [3.8, 4) is 0 Å². The van der Waals surface area contributed by atoms with Crippen LogP contribution in [0.3, 0.4) is 0 Å². The van der Waals surface area contributed by atoms with Crippen molar-refractivity contribution in [3.05, 3.63) is 35.9 Å². The van der Waals surface area contributed by atoms with Crippen LogP contribution in [0.4, 0.5) is 0 Å². The summed E-state index contributed by atoms with van der Waals surface area (Å²) in [6, 6.07) is 11.6. The lowest BCUT2D eigenvalue weighted by Crippen LogP contribution is -2.35. The second kappa shape index (κ2) is 5.22. The summed E-state index contributed by atoms with van der Waals surface area (Å²) in [6.07, 6.45) is 4.02. The Balaban J connectivity index is 2.01. The highest BCUT2D eigenvalue weighted by atomic mass is 15.2. The van der Waals surface area contributed by atoms with Crippen LogP contribution in [0.2, 0.25) is 0 Å². The number of rotatable bonds is 4. The lowest BCUT2D eigenvalue weighted by molar-refractivity contribution is 0.215. The van der Waals surface area contributed by atoms with Gasteiger partial charge in [-0.3, -0.25) is 0 Å². The van der Waals surface area contributed by atoms with Gasteiger partial charge in [0.25, 0.3) is 0 Å². The van der Waals surface area contributed by atoms with Crippen LogP contribution in [0.1, 0.15) is 45.6 Å². The van der Waals surface area contributed by atoms with Crippen LogP contribution in [0.5, 0.6) is 0 Å². The maximum absolute atomic E-state index is 2.64. The molecule has 0 N–H and O–H groups in total. The molecule has 94 valence electrons. The van der Waals surface area contributed by atoms with Gasteiger partial charge in [-0.1, -0.05) is 44.2 Å². The molecule has 1 aromatic rings. The van der Waals surface area contributed by atoms with Crippen molar-refractivity contribution in [1.29, 1.82) is 0 Å². The van der Waals surface area contributed by atoms with Gasteiger partial charge < -0.3 is 4.90 Å². The first-order valence-corrected chi connectivity index (χ1v) is 6.89. The molecule has 1 aromatic carbocycles.